The molecule has 0 spiro atoms. The number of anilines is 1. The fraction of sp³-hybridized carbons (Fsp3) is 0.375. The monoisotopic (exact) mass is 455 g/mol. The van der Waals surface area contributed by atoms with Crippen LogP contribution in [0.1, 0.15) is 38.8 Å². The molecule has 33 heavy (non-hydrogen) atoms. The van der Waals surface area contributed by atoms with Crippen molar-refractivity contribution in [3.05, 3.63) is 59.7 Å². The van der Waals surface area contributed by atoms with Gasteiger partial charge in [-0.2, -0.15) is 5.01 Å². The maximum Gasteiger partial charge on any atom is 0.430 e. The van der Waals surface area contributed by atoms with Crippen LogP contribution >= 0.6 is 0 Å². The number of nitrogens with zero attached hydrogens (tertiary/aromatic N) is 1. The van der Waals surface area contributed by atoms with Crippen molar-refractivity contribution in [1.29, 1.82) is 0 Å². The van der Waals surface area contributed by atoms with Crippen LogP contribution in [0.4, 0.5) is 15.3 Å². The first-order chi connectivity index (χ1) is 15.7. The van der Waals surface area contributed by atoms with Gasteiger partial charge in [-0.25, -0.2) is 15.0 Å². The van der Waals surface area contributed by atoms with E-state index in [9.17, 15) is 14.4 Å². The van der Waals surface area contributed by atoms with E-state index in [1.54, 1.807) is 45.9 Å². The molecule has 0 aromatic heterocycles. The molecule has 0 aliphatic carbocycles. The van der Waals surface area contributed by atoms with Gasteiger partial charge in [0.15, 0.2) is 5.54 Å². The quantitative estimate of drug-likeness (QED) is 0.638. The summed E-state index contributed by atoms with van der Waals surface area (Å²) in [6.07, 6.45) is -2.65. The Balaban J connectivity index is 2.20. The van der Waals surface area contributed by atoms with E-state index < -0.39 is 35.8 Å². The number of carbonyl (C=O) groups excluding carboxylic acids is 3. The third kappa shape index (κ3) is 5.02. The van der Waals surface area contributed by atoms with Crippen LogP contribution < -0.4 is 15.5 Å². The normalized spacial score (nSPS) is 16.8. The lowest BCUT2D eigenvalue weighted by atomic mass is 9.84. The number of benzene rings is 2. The van der Waals surface area contributed by atoms with Crippen molar-refractivity contribution in [2.75, 3.05) is 12.4 Å². The molecule has 1 aliphatic rings. The fourth-order valence-electron chi connectivity index (χ4n) is 3.70. The van der Waals surface area contributed by atoms with Gasteiger partial charge in [0.2, 0.25) is 0 Å². The molecule has 1 unspecified atom stereocenters. The van der Waals surface area contributed by atoms with E-state index in [2.05, 4.69) is 10.7 Å². The Morgan fingerprint density at radius 3 is 2.30 bits per heavy atom. The van der Waals surface area contributed by atoms with Crippen LogP contribution in [0.3, 0.4) is 0 Å². The summed E-state index contributed by atoms with van der Waals surface area (Å²) in [6.45, 7) is 6.72. The smallest absolute Gasteiger partial charge is 0.430 e. The number of hydrogen-bond donors (Lipinski definition) is 2. The van der Waals surface area contributed by atoms with Gasteiger partial charge in [0.1, 0.15) is 5.75 Å². The van der Waals surface area contributed by atoms with E-state index in [-0.39, 0.29) is 6.42 Å². The van der Waals surface area contributed by atoms with Crippen LogP contribution in [0.15, 0.2) is 48.5 Å². The number of ether oxygens (including phenoxy) is 3. The topological polar surface area (TPSA) is 106 Å². The second-order valence-electron chi connectivity index (χ2n) is 8.22. The van der Waals surface area contributed by atoms with Crippen LogP contribution in [0.25, 0.3) is 0 Å². The second-order valence-corrected chi connectivity index (χ2v) is 8.22. The summed E-state index contributed by atoms with van der Waals surface area (Å²) in [5, 5.41) is 3.75. The van der Waals surface area contributed by atoms with Crippen LogP contribution in [-0.4, -0.2) is 42.4 Å². The Labute approximate surface area is 193 Å². The Hall–Kier alpha value is -3.75. The zero-order valence-corrected chi connectivity index (χ0v) is 19.4. The van der Waals surface area contributed by atoms with Gasteiger partial charge in [0.05, 0.1) is 19.3 Å². The minimum absolute atomic E-state index is 0.0645. The van der Waals surface area contributed by atoms with Crippen molar-refractivity contribution < 1.29 is 28.6 Å². The minimum atomic E-state index is -1.66. The summed E-state index contributed by atoms with van der Waals surface area (Å²) < 4.78 is 16.0. The number of methoxy groups -OCH3 is 1. The summed E-state index contributed by atoms with van der Waals surface area (Å²) in [5.74, 6) is -0.00946. The first-order valence-corrected chi connectivity index (χ1v) is 10.7. The van der Waals surface area contributed by atoms with E-state index in [0.29, 0.717) is 17.0 Å². The first kappa shape index (κ1) is 23.9. The standard InChI is InChI=1S/C24H29N3O6/c1-15(2)32-22(29)26-27(23(30)33-16(3)4)24(14-17-9-7-6-8-10-17)19-13-18(31-5)11-12-20(19)25-21(24)28/h6-13,15-16H,14H2,1-5H3,(H,25,28)(H,26,29). The third-order valence-electron chi connectivity index (χ3n) is 5.05. The van der Waals surface area contributed by atoms with Crippen molar-refractivity contribution in [3.8, 4) is 5.75 Å². The van der Waals surface area contributed by atoms with Gasteiger partial charge >= 0.3 is 12.2 Å². The van der Waals surface area contributed by atoms with Gasteiger partial charge in [-0.1, -0.05) is 30.3 Å². The molecule has 0 bridgehead atoms. The molecule has 9 nitrogen and oxygen atoms in total. The number of hydrazine groups is 1. The number of carbonyl (C=O) groups is 3. The molecular formula is C24H29N3O6. The zero-order valence-electron chi connectivity index (χ0n) is 19.4. The largest absolute Gasteiger partial charge is 0.497 e. The van der Waals surface area contributed by atoms with Gasteiger partial charge in [-0.05, 0) is 51.5 Å². The molecule has 2 aromatic rings. The maximum atomic E-state index is 13.6. The lowest BCUT2D eigenvalue weighted by Gasteiger charge is -2.38. The van der Waals surface area contributed by atoms with Crippen LogP contribution in [0, 0.1) is 0 Å². The molecule has 1 aliphatic heterocycles. The van der Waals surface area contributed by atoms with Gasteiger partial charge in [-0.3, -0.25) is 4.79 Å². The molecule has 0 saturated carbocycles. The summed E-state index contributed by atoms with van der Waals surface area (Å²) in [7, 11) is 1.51. The third-order valence-corrected chi connectivity index (χ3v) is 5.05. The van der Waals surface area contributed by atoms with Crippen molar-refractivity contribution in [1.82, 2.24) is 10.4 Å². The fourth-order valence-corrected chi connectivity index (χ4v) is 3.70. The molecule has 176 valence electrons. The average molecular weight is 456 g/mol. The molecule has 3 amide bonds. The predicted octanol–water partition coefficient (Wildman–Crippen LogP) is 3.98. The molecule has 9 heteroatoms. The number of amides is 3. The van der Waals surface area contributed by atoms with Crippen LogP contribution in [0.5, 0.6) is 5.75 Å². The van der Waals surface area contributed by atoms with E-state index in [4.69, 9.17) is 14.2 Å². The lowest BCUT2D eigenvalue weighted by molar-refractivity contribution is -0.129. The van der Waals surface area contributed by atoms with E-state index in [1.807, 2.05) is 30.3 Å². The molecular weight excluding hydrogens is 426 g/mol. The lowest BCUT2D eigenvalue weighted by Crippen LogP contribution is -2.62. The molecule has 0 radical (unpaired) electrons. The molecule has 0 saturated heterocycles. The highest BCUT2D eigenvalue weighted by molar-refractivity contribution is 6.08. The molecule has 1 heterocycles. The minimum Gasteiger partial charge on any atom is -0.497 e. The Morgan fingerprint density at radius 1 is 1.03 bits per heavy atom. The Morgan fingerprint density at radius 2 is 1.70 bits per heavy atom. The maximum absolute atomic E-state index is 13.6. The van der Waals surface area contributed by atoms with Gasteiger partial charge in [-0.15, -0.1) is 0 Å². The number of rotatable bonds is 6. The van der Waals surface area contributed by atoms with Gasteiger partial charge in [0.25, 0.3) is 5.91 Å². The number of hydrogen-bond acceptors (Lipinski definition) is 6. The average Bonchev–Trinajstić information content (AvgIpc) is 3.02. The SMILES string of the molecule is COc1ccc2c(c1)C(Cc1ccccc1)(N(NC(=O)OC(C)C)C(=O)OC(C)C)C(=O)N2. The molecule has 0 fully saturated rings. The van der Waals surface area contributed by atoms with E-state index in [0.717, 1.165) is 10.6 Å². The summed E-state index contributed by atoms with van der Waals surface area (Å²) in [6, 6.07) is 14.3. The molecule has 1 atom stereocenters. The van der Waals surface area contributed by atoms with Crippen molar-refractivity contribution >= 4 is 23.8 Å². The second kappa shape index (κ2) is 9.81. The summed E-state index contributed by atoms with van der Waals surface area (Å²) in [4.78, 5) is 39.5. The van der Waals surface area contributed by atoms with Gasteiger partial charge in [0, 0.05) is 17.7 Å². The van der Waals surface area contributed by atoms with Crippen molar-refractivity contribution in [3.63, 3.8) is 0 Å². The van der Waals surface area contributed by atoms with Crippen molar-refractivity contribution in [2.45, 2.75) is 51.9 Å². The number of fused-ring (bicyclic) bond motifs is 1. The summed E-state index contributed by atoms with van der Waals surface area (Å²) in [5.41, 5.74) is 2.53. The van der Waals surface area contributed by atoms with E-state index in [1.165, 1.54) is 7.11 Å². The Bertz CT molecular complexity index is 1020. The zero-order chi connectivity index (χ0) is 24.2. The molecule has 2 N–H and O–H groups in total. The highest BCUT2D eigenvalue weighted by Gasteiger charge is 2.55. The predicted molar refractivity (Wildman–Crippen MR) is 122 cm³/mol. The highest BCUT2D eigenvalue weighted by atomic mass is 16.6. The van der Waals surface area contributed by atoms with Crippen LogP contribution in [-0.2, 0) is 26.2 Å². The molecule has 2 aromatic carbocycles. The highest BCUT2D eigenvalue weighted by Crippen LogP contribution is 2.44. The Kier molecular flexibility index (Phi) is 7.10. The first-order valence-electron chi connectivity index (χ1n) is 10.7. The van der Waals surface area contributed by atoms with Crippen LogP contribution in [0.2, 0.25) is 0 Å². The molecule has 3 rings (SSSR count). The number of nitrogens with one attached hydrogen (secondary N) is 2. The van der Waals surface area contributed by atoms with Gasteiger partial charge < -0.3 is 19.5 Å². The van der Waals surface area contributed by atoms with E-state index >= 15 is 0 Å². The van der Waals surface area contributed by atoms with Crippen molar-refractivity contribution in [2.24, 2.45) is 0 Å². The summed E-state index contributed by atoms with van der Waals surface area (Å²) >= 11 is 0.